The lowest BCUT2D eigenvalue weighted by Gasteiger charge is -2.34. The van der Waals surface area contributed by atoms with E-state index in [1.54, 1.807) is 0 Å². The maximum atomic E-state index is 10.8. The molecule has 0 unspecified atom stereocenters. The van der Waals surface area contributed by atoms with Crippen LogP contribution in [0.1, 0.15) is 108 Å². The first-order valence-corrected chi connectivity index (χ1v) is 11.5. The van der Waals surface area contributed by atoms with Crippen LogP contribution in [0.5, 0.6) is 0 Å². The van der Waals surface area contributed by atoms with Crippen LogP contribution in [0, 0.1) is 6.92 Å². The minimum absolute atomic E-state index is 0.0989. The summed E-state index contributed by atoms with van der Waals surface area (Å²) in [4.78, 5) is 0. The highest BCUT2D eigenvalue weighted by Crippen LogP contribution is 2.48. The van der Waals surface area contributed by atoms with Gasteiger partial charge in [0.05, 0.1) is 11.1 Å². The van der Waals surface area contributed by atoms with E-state index in [1.807, 2.05) is 0 Å². The maximum absolute atomic E-state index is 10.8. The van der Waals surface area contributed by atoms with Gasteiger partial charge in [-0.25, -0.2) is 0 Å². The van der Waals surface area contributed by atoms with E-state index in [4.69, 9.17) is 0 Å². The molecule has 0 spiro atoms. The molecule has 2 nitrogen and oxygen atoms in total. The van der Waals surface area contributed by atoms with Crippen LogP contribution in [0.2, 0.25) is 0 Å². The van der Waals surface area contributed by atoms with Crippen LogP contribution in [0.25, 0.3) is 12.2 Å². The fourth-order valence-electron chi connectivity index (χ4n) is 5.22. The van der Waals surface area contributed by atoms with E-state index in [2.05, 4.69) is 119 Å². The van der Waals surface area contributed by atoms with Gasteiger partial charge in [-0.1, -0.05) is 78.0 Å². The van der Waals surface area contributed by atoms with Gasteiger partial charge in [0.1, 0.15) is 0 Å². The van der Waals surface area contributed by atoms with Crippen LogP contribution in [-0.4, -0.2) is 10.3 Å². The lowest BCUT2D eigenvalue weighted by atomic mass is 9.75. The van der Waals surface area contributed by atoms with Crippen molar-refractivity contribution >= 4 is 12.2 Å². The van der Waals surface area contributed by atoms with Crippen molar-refractivity contribution < 1.29 is 5.21 Å². The van der Waals surface area contributed by atoms with E-state index in [9.17, 15) is 5.21 Å². The highest BCUT2D eigenvalue weighted by Gasteiger charge is 2.48. The van der Waals surface area contributed by atoms with Crippen LogP contribution < -0.4 is 0 Å². The molecule has 31 heavy (non-hydrogen) atoms. The largest absolute Gasteiger partial charge is 0.312 e. The Hall–Kier alpha value is -1.90. The van der Waals surface area contributed by atoms with E-state index >= 15 is 0 Å². The minimum atomic E-state index is -0.411. The van der Waals surface area contributed by atoms with Gasteiger partial charge in [0.15, 0.2) is 0 Å². The standard InChI is InChI=1S/C29H41NO/c1-19-23(26(2,3)4)17-21(18-24(19)27(5,6)7)13-12-20-14-15-22-25(16-20)29(10,11)30(31)28(22,8)9/h12-18,31H,1-11H3/b13-12+. The van der Waals surface area contributed by atoms with Crippen molar-refractivity contribution in [3.8, 4) is 0 Å². The molecule has 1 aliphatic heterocycles. The molecule has 3 rings (SSSR count). The van der Waals surface area contributed by atoms with Gasteiger partial charge in [0.2, 0.25) is 0 Å². The van der Waals surface area contributed by atoms with Gasteiger partial charge in [-0.2, -0.15) is 5.06 Å². The Bertz CT molecular complexity index is 991. The first-order chi connectivity index (χ1) is 14.0. The summed E-state index contributed by atoms with van der Waals surface area (Å²) >= 11 is 0. The predicted molar refractivity (Wildman–Crippen MR) is 134 cm³/mol. The summed E-state index contributed by atoms with van der Waals surface area (Å²) in [7, 11) is 0. The third kappa shape index (κ3) is 4.13. The quantitative estimate of drug-likeness (QED) is 0.499. The monoisotopic (exact) mass is 419 g/mol. The van der Waals surface area contributed by atoms with Gasteiger partial charge in [0, 0.05) is 0 Å². The summed E-state index contributed by atoms with van der Waals surface area (Å²) in [5, 5.41) is 12.2. The first kappa shape index (κ1) is 23.8. The number of hydrogen-bond donors (Lipinski definition) is 1. The molecular formula is C29H41NO. The highest BCUT2D eigenvalue weighted by molar-refractivity contribution is 5.72. The average Bonchev–Trinajstić information content (AvgIpc) is 2.76. The van der Waals surface area contributed by atoms with E-state index < -0.39 is 5.54 Å². The van der Waals surface area contributed by atoms with Gasteiger partial charge in [0.25, 0.3) is 0 Å². The zero-order valence-electron chi connectivity index (χ0n) is 21.4. The summed E-state index contributed by atoms with van der Waals surface area (Å²) in [6, 6.07) is 11.3. The second-order valence-electron chi connectivity index (χ2n) is 12.3. The lowest BCUT2D eigenvalue weighted by molar-refractivity contribution is -0.216. The summed E-state index contributed by atoms with van der Waals surface area (Å²) in [6.07, 6.45) is 4.43. The molecule has 0 fully saturated rings. The van der Waals surface area contributed by atoms with Crippen molar-refractivity contribution in [2.24, 2.45) is 0 Å². The van der Waals surface area contributed by atoms with E-state index in [0.29, 0.717) is 0 Å². The number of hydroxylamine groups is 2. The lowest BCUT2D eigenvalue weighted by Crippen LogP contribution is -2.42. The molecule has 0 aromatic heterocycles. The molecule has 168 valence electrons. The maximum Gasteiger partial charge on any atom is 0.0666 e. The summed E-state index contributed by atoms with van der Waals surface area (Å²) < 4.78 is 0. The van der Waals surface area contributed by atoms with Gasteiger partial charge in [-0.3, -0.25) is 0 Å². The van der Waals surface area contributed by atoms with Crippen molar-refractivity contribution in [1.82, 2.24) is 5.06 Å². The number of rotatable bonds is 2. The molecule has 0 radical (unpaired) electrons. The van der Waals surface area contributed by atoms with Crippen LogP contribution in [0.3, 0.4) is 0 Å². The number of benzene rings is 2. The van der Waals surface area contributed by atoms with Crippen LogP contribution >= 0.6 is 0 Å². The number of nitrogens with zero attached hydrogens (tertiary/aromatic N) is 1. The Morgan fingerprint density at radius 3 is 1.65 bits per heavy atom. The molecule has 2 heteroatoms. The van der Waals surface area contributed by atoms with Crippen molar-refractivity contribution in [3.05, 3.63) is 69.3 Å². The van der Waals surface area contributed by atoms with Gasteiger partial charge in [-0.15, -0.1) is 0 Å². The Kier molecular flexibility index (Phi) is 5.61. The molecule has 0 bridgehead atoms. The van der Waals surface area contributed by atoms with Gasteiger partial charge >= 0.3 is 0 Å². The summed E-state index contributed by atoms with van der Waals surface area (Å²) in [6.45, 7) is 24.3. The predicted octanol–water partition coefficient (Wildman–Crippen LogP) is 7.94. The van der Waals surface area contributed by atoms with Crippen molar-refractivity contribution in [1.29, 1.82) is 0 Å². The Balaban J connectivity index is 2.07. The minimum Gasteiger partial charge on any atom is -0.312 e. The molecule has 0 atom stereocenters. The van der Waals surface area contributed by atoms with Crippen molar-refractivity contribution in [2.75, 3.05) is 0 Å². The van der Waals surface area contributed by atoms with Crippen molar-refractivity contribution in [3.63, 3.8) is 0 Å². The van der Waals surface area contributed by atoms with Gasteiger partial charge < -0.3 is 5.21 Å². The van der Waals surface area contributed by atoms with Crippen LogP contribution in [0.4, 0.5) is 0 Å². The first-order valence-electron chi connectivity index (χ1n) is 11.5. The van der Waals surface area contributed by atoms with Crippen LogP contribution in [-0.2, 0) is 21.9 Å². The average molecular weight is 420 g/mol. The number of hydrogen-bond acceptors (Lipinski definition) is 2. The fourth-order valence-corrected chi connectivity index (χ4v) is 5.22. The Morgan fingerprint density at radius 2 is 1.16 bits per heavy atom. The second kappa shape index (κ2) is 7.32. The summed E-state index contributed by atoms with van der Waals surface area (Å²) in [5.74, 6) is 0. The third-order valence-electron chi connectivity index (χ3n) is 6.94. The molecular weight excluding hydrogens is 378 g/mol. The Labute approximate surface area is 190 Å². The SMILES string of the molecule is Cc1c(C(C)(C)C)cc(/C=C/c2ccc3c(c2)C(C)(C)N(O)C3(C)C)cc1C(C)(C)C. The smallest absolute Gasteiger partial charge is 0.0666 e. The summed E-state index contributed by atoms with van der Waals surface area (Å²) in [5.41, 5.74) is 8.41. The zero-order chi connectivity index (χ0) is 23.6. The molecule has 1 heterocycles. The molecule has 0 aliphatic carbocycles. The topological polar surface area (TPSA) is 23.5 Å². The third-order valence-corrected chi connectivity index (χ3v) is 6.94. The van der Waals surface area contributed by atoms with Crippen molar-refractivity contribution in [2.45, 2.75) is 98.1 Å². The Morgan fingerprint density at radius 1 is 0.710 bits per heavy atom. The van der Waals surface area contributed by atoms with E-state index in [1.165, 1.54) is 38.4 Å². The van der Waals surface area contributed by atoms with Gasteiger partial charge in [-0.05, 0) is 90.5 Å². The molecule has 0 saturated heterocycles. The van der Waals surface area contributed by atoms with Crippen LogP contribution in [0.15, 0.2) is 30.3 Å². The molecule has 0 saturated carbocycles. The number of fused-ring (bicyclic) bond motifs is 1. The highest BCUT2D eigenvalue weighted by atomic mass is 16.5. The fraction of sp³-hybridized carbons (Fsp3) is 0.517. The molecule has 2 aromatic rings. The second-order valence-corrected chi connectivity index (χ2v) is 12.3. The molecule has 0 amide bonds. The molecule has 2 aromatic carbocycles. The zero-order valence-corrected chi connectivity index (χ0v) is 21.4. The van der Waals surface area contributed by atoms with E-state index in [-0.39, 0.29) is 16.4 Å². The molecule has 1 N–H and O–H groups in total. The van der Waals surface area contributed by atoms with E-state index in [0.717, 1.165) is 5.56 Å². The normalized spacial score (nSPS) is 18.6. The molecule has 1 aliphatic rings.